The molecule has 0 heterocycles. The molecule has 0 spiro atoms. The van der Waals surface area contributed by atoms with Crippen molar-refractivity contribution in [1.29, 1.82) is 0 Å². The highest BCUT2D eigenvalue weighted by atomic mass is 35.5. The van der Waals surface area contributed by atoms with E-state index >= 15 is 0 Å². The Morgan fingerprint density at radius 3 is 2.12 bits per heavy atom. The van der Waals surface area contributed by atoms with Gasteiger partial charge in [-0.3, -0.25) is 13.9 Å². The first-order valence-corrected chi connectivity index (χ1v) is 15.7. The summed E-state index contributed by atoms with van der Waals surface area (Å²) in [7, 11) is -2.52. The van der Waals surface area contributed by atoms with E-state index in [0.29, 0.717) is 22.2 Å². The van der Waals surface area contributed by atoms with E-state index in [9.17, 15) is 18.0 Å². The van der Waals surface area contributed by atoms with Gasteiger partial charge in [-0.25, -0.2) is 8.42 Å². The second-order valence-electron chi connectivity index (χ2n) is 10.0. The predicted molar refractivity (Wildman–Crippen MR) is 164 cm³/mol. The highest BCUT2D eigenvalue weighted by Gasteiger charge is 2.34. The number of para-hydroxylation sites is 2. The van der Waals surface area contributed by atoms with Gasteiger partial charge in [0, 0.05) is 35.1 Å². The fraction of sp³-hybridized carbons (Fsp3) is 0.333. The Hall–Kier alpha value is -3.27. The average Bonchev–Trinajstić information content (AvgIpc) is 2.93. The summed E-state index contributed by atoms with van der Waals surface area (Å²) in [5.74, 6) is -0.535. The van der Waals surface area contributed by atoms with E-state index in [1.54, 1.807) is 42.5 Å². The van der Waals surface area contributed by atoms with E-state index in [1.807, 2.05) is 44.2 Å². The van der Waals surface area contributed by atoms with Crippen LogP contribution in [0.1, 0.15) is 25.0 Å². The lowest BCUT2D eigenvalue weighted by Crippen LogP contribution is -2.53. The normalized spacial score (nSPS) is 12.1. The molecule has 0 aliphatic heterocycles. The van der Waals surface area contributed by atoms with E-state index in [-0.39, 0.29) is 36.2 Å². The van der Waals surface area contributed by atoms with Gasteiger partial charge < -0.3 is 15.0 Å². The van der Waals surface area contributed by atoms with Gasteiger partial charge in [-0.1, -0.05) is 85.6 Å². The molecule has 0 unspecified atom stereocenters. The van der Waals surface area contributed by atoms with E-state index in [2.05, 4.69) is 5.32 Å². The smallest absolute Gasteiger partial charge is 0.244 e. The van der Waals surface area contributed by atoms with Crippen LogP contribution in [0, 0.1) is 5.92 Å². The van der Waals surface area contributed by atoms with Crippen molar-refractivity contribution in [2.24, 2.45) is 5.92 Å². The first-order chi connectivity index (χ1) is 19.4. The fourth-order valence-corrected chi connectivity index (χ4v) is 5.63. The zero-order chi connectivity index (χ0) is 30.2. The molecule has 0 bridgehead atoms. The molecule has 3 aromatic rings. The van der Waals surface area contributed by atoms with Crippen LogP contribution in [0.5, 0.6) is 5.75 Å². The first kappa shape index (κ1) is 32.2. The van der Waals surface area contributed by atoms with Crippen molar-refractivity contribution in [2.45, 2.75) is 32.9 Å². The lowest BCUT2D eigenvalue weighted by molar-refractivity contribution is -0.140. The second-order valence-corrected chi connectivity index (χ2v) is 12.7. The Morgan fingerprint density at radius 2 is 1.54 bits per heavy atom. The van der Waals surface area contributed by atoms with Crippen LogP contribution in [0.25, 0.3) is 0 Å². The van der Waals surface area contributed by atoms with Crippen LogP contribution in [0.4, 0.5) is 5.69 Å². The molecule has 8 nitrogen and oxygen atoms in total. The fourth-order valence-electron chi connectivity index (χ4n) is 4.26. The number of rotatable bonds is 13. The number of hydrogen-bond acceptors (Lipinski definition) is 5. The number of hydrogen-bond donors (Lipinski definition) is 1. The van der Waals surface area contributed by atoms with Gasteiger partial charge in [0.15, 0.2) is 0 Å². The third-order valence-electron chi connectivity index (χ3n) is 6.38. The molecule has 0 saturated carbocycles. The lowest BCUT2D eigenvalue weighted by Gasteiger charge is -2.34. The van der Waals surface area contributed by atoms with Crippen molar-refractivity contribution in [2.75, 3.05) is 30.8 Å². The SMILES string of the molecule is COc1ccccc1N(CC(=O)N(Cc1c(Cl)cccc1Cl)[C@H](Cc1ccccc1)C(=O)NCC(C)C)S(C)(=O)=O. The molecule has 0 aliphatic rings. The van der Waals surface area contributed by atoms with E-state index < -0.39 is 28.5 Å². The molecule has 1 atom stereocenters. The average molecular weight is 621 g/mol. The van der Waals surface area contributed by atoms with Crippen molar-refractivity contribution in [3.05, 3.63) is 94.0 Å². The Bertz CT molecular complexity index is 1430. The minimum atomic E-state index is -3.94. The monoisotopic (exact) mass is 619 g/mol. The molecular weight excluding hydrogens is 585 g/mol. The van der Waals surface area contributed by atoms with Gasteiger partial charge in [0.1, 0.15) is 18.3 Å². The molecule has 3 aromatic carbocycles. The summed E-state index contributed by atoms with van der Waals surface area (Å²) >= 11 is 13.0. The highest BCUT2D eigenvalue weighted by Crippen LogP contribution is 2.31. The summed E-state index contributed by atoms with van der Waals surface area (Å²) < 4.78 is 32.3. The van der Waals surface area contributed by atoms with Crippen LogP contribution in [0.3, 0.4) is 0 Å². The summed E-state index contributed by atoms with van der Waals surface area (Å²) in [6.07, 6.45) is 1.20. The highest BCUT2D eigenvalue weighted by molar-refractivity contribution is 7.92. The molecule has 41 heavy (non-hydrogen) atoms. The van der Waals surface area contributed by atoms with Crippen molar-refractivity contribution in [3.63, 3.8) is 0 Å². The Balaban J connectivity index is 2.11. The number of nitrogens with one attached hydrogen (secondary N) is 1. The van der Waals surface area contributed by atoms with E-state index in [0.717, 1.165) is 16.1 Å². The van der Waals surface area contributed by atoms with Gasteiger partial charge >= 0.3 is 0 Å². The maximum atomic E-state index is 14.2. The molecule has 0 fully saturated rings. The minimum Gasteiger partial charge on any atom is -0.495 e. The number of anilines is 1. The second kappa shape index (κ2) is 14.6. The molecule has 0 radical (unpaired) electrons. The summed E-state index contributed by atoms with van der Waals surface area (Å²) in [5.41, 5.74) is 1.47. The van der Waals surface area contributed by atoms with Gasteiger partial charge in [-0.2, -0.15) is 0 Å². The summed E-state index contributed by atoms with van der Waals surface area (Å²) in [6.45, 7) is 3.64. The molecule has 11 heteroatoms. The molecule has 220 valence electrons. The number of sulfonamides is 1. The van der Waals surface area contributed by atoms with Crippen molar-refractivity contribution in [3.8, 4) is 5.75 Å². The van der Waals surface area contributed by atoms with E-state index in [1.165, 1.54) is 12.0 Å². The largest absolute Gasteiger partial charge is 0.495 e. The molecule has 3 rings (SSSR count). The Labute approximate surface area is 252 Å². The Morgan fingerprint density at radius 1 is 0.927 bits per heavy atom. The summed E-state index contributed by atoms with van der Waals surface area (Å²) in [6, 6.07) is 19.8. The van der Waals surface area contributed by atoms with Gasteiger partial charge in [0.2, 0.25) is 21.8 Å². The van der Waals surface area contributed by atoms with Crippen molar-refractivity contribution < 1.29 is 22.7 Å². The maximum Gasteiger partial charge on any atom is 0.244 e. The number of carbonyl (C=O) groups excluding carboxylic acids is 2. The van der Waals surface area contributed by atoms with Crippen LogP contribution in [-0.2, 0) is 32.6 Å². The number of ether oxygens (including phenoxy) is 1. The number of benzene rings is 3. The van der Waals surface area contributed by atoms with Crippen molar-refractivity contribution >= 4 is 50.7 Å². The number of amides is 2. The number of nitrogens with zero attached hydrogens (tertiary/aromatic N) is 2. The number of halogens is 2. The zero-order valence-corrected chi connectivity index (χ0v) is 25.8. The van der Waals surface area contributed by atoms with Crippen LogP contribution in [0.2, 0.25) is 10.0 Å². The van der Waals surface area contributed by atoms with Crippen LogP contribution >= 0.6 is 23.2 Å². The summed E-state index contributed by atoms with van der Waals surface area (Å²) in [5, 5.41) is 3.58. The van der Waals surface area contributed by atoms with Crippen LogP contribution in [0.15, 0.2) is 72.8 Å². The van der Waals surface area contributed by atoms with Crippen molar-refractivity contribution in [1.82, 2.24) is 10.2 Å². The molecule has 0 saturated heterocycles. The zero-order valence-electron chi connectivity index (χ0n) is 23.5. The quantitative estimate of drug-likeness (QED) is 0.284. The Kier molecular flexibility index (Phi) is 11.5. The topological polar surface area (TPSA) is 96.0 Å². The third kappa shape index (κ3) is 8.86. The van der Waals surface area contributed by atoms with E-state index in [4.69, 9.17) is 27.9 Å². The molecule has 2 amide bonds. The predicted octanol–water partition coefficient (Wildman–Crippen LogP) is 5.18. The molecule has 0 aromatic heterocycles. The lowest BCUT2D eigenvalue weighted by atomic mass is 10.0. The first-order valence-electron chi connectivity index (χ1n) is 13.1. The third-order valence-corrected chi connectivity index (χ3v) is 8.21. The molecular formula is C30H35Cl2N3O5S. The van der Waals surface area contributed by atoms with Crippen LogP contribution < -0.4 is 14.4 Å². The number of methoxy groups -OCH3 is 1. The standard InChI is InChI=1S/C30H35Cl2N3O5S/c1-21(2)18-33-30(37)27(17-22-11-6-5-7-12-22)34(19-23-24(31)13-10-14-25(23)32)29(36)20-35(41(4,38)39)26-15-8-9-16-28(26)40-3/h5-16,21,27H,17-20H2,1-4H3,(H,33,37)/t27-/m1/s1. The van der Waals surface area contributed by atoms with Gasteiger partial charge in [0.25, 0.3) is 0 Å². The van der Waals surface area contributed by atoms with Gasteiger partial charge in [0.05, 0.1) is 19.1 Å². The number of carbonyl (C=O) groups is 2. The molecule has 0 aliphatic carbocycles. The summed E-state index contributed by atoms with van der Waals surface area (Å²) in [4.78, 5) is 29.2. The van der Waals surface area contributed by atoms with Gasteiger partial charge in [-0.05, 0) is 35.7 Å². The van der Waals surface area contributed by atoms with Crippen LogP contribution in [-0.4, -0.2) is 57.6 Å². The van der Waals surface area contributed by atoms with Gasteiger partial charge in [-0.15, -0.1) is 0 Å². The maximum absolute atomic E-state index is 14.2. The molecule has 1 N–H and O–H groups in total. The minimum absolute atomic E-state index is 0.118.